The highest BCUT2D eigenvalue weighted by atomic mass is 15.3. The average Bonchev–Trinajstić information content (AvgIpc) is 2.05. The zero-order chi connectivity index (χ0) is 8.81. The van der Waals surface area contributed by atoms with Gasteiger partial charge in [-0.25, -0.2) is 0 Å². The van der Waals surface area contributed by atoms with E-state index in [1.807, 2.05) is 6.21 Å². The third-order valence-electron chi connectivity index (χ3n) is 1.76. The first-order valence-electron chi connectivity index (χ1n) is 4.06. The van der Waals surface area contributed by atoms with Gasteiger partial charge in [-0.2, -0.15) is 5.10 Å². The molecule has 0 saturated heterocycles. The first-order valence-corrected chi connectivity index (χ1v) is 4.06. The highest BCUT2D eigenvalue weighted by Gasteiger charge is 2.05. The van der Waals surface area contributed by atoms with Crippen molar-refractivity contribution in [3.8, 4) is 0 Å². The normalized spacial score (nSPS) is 22.8. The van der Waals surface area contributed by atoms with Gasteiger partial charge in [0.25, 0.3) is 0 Å². The Morgan fingerprint density at radius 2 is 2.25 bits per heavy atom. The summed E-state index contributed by atoms with van der Waals surface area (Å²) in [4.78, 5) is 0. The lowest BCUT2D eigenvalue weighted by molar-refractivity contribution is 0.626. The summed E-state index contributed by atoms with van der Waals surface area (Å²) in [6.07, 6.45) is 9.46. The Balaban J connectivity index is 2.35. The molecule has 1 aliphatic rings. The molecule has 66 valence electrons. The summed E-state index contributed by atoms with van der Waals surface area (Å²) in [6.45, 7) is 0. The summed E-state index contributed by atoms with van der Waals surface area (Å²) < 4.78 is 0. The van der Waals surface area contributed by atoms with Crippen LogP contribution in [-0.4, -0.2) is 12.2 Å². The van der Waals surface area contributed by atoms with E-state index in [0.29, 0.717) is 5.92 Å². The Kier molecular flexibility index (Phi) is 3.32. The van der Waals surface area contributed by atoms with E-state index in [-0.39, 0.29) is 5.96 Å². The molecule has 0 bridgehead atoms. The van der Waals surface area contributed by atoms with E-state index < -0.39 is 0 Å². The minimum Gasteiger partial charge on any atom is -0.369 e. The Morgan fingerprint density at radius 1 is 1.42 bits per heavy atom. The second kappa shape index (κ2) is 4.54. The number of allylic oxidation sites excluding steroid dienone is 2. The zero-order valence-electron chi connectivity index (χ0n) is 6.98. The molecule has 0 saturated carbocycles. The third-order valence-corrected chi connectivity index (χ3v) is 1.76. The van der Waals surface area contributed by atoms with Gasteiger partial charge in [0, 0.05) is 6.21 Å². The highest BCUT2D eigenvalue weighted by Crippen LogP contribution is 2.15. The number of nitrogens with two attached hydrogens (primary N) is 2. The Morgan fingerprint density at radius 3 is 2.83 bits per heavy atom. The Hall–Kier alpha value is -1.32. The minimum absolute atomic E-state index is 0.0117. The van der Waals surface area contributed by atoms with Gasteiger partial charge < -0.3 is 11.5 Å². The van der Waals surface area contributed by atoms with Gasteiger partial charge in [-0.3, -0.25) is 0 Å². The van der Waals surface area contributed by atoms with Gasteiger partial charge >= 0.3 is 0 Å². The topological polar surface area (TPSA) is 76.8 Å². The van der Waals surface area contributed by atoms with Gasteiger partial charge in [0.05, 0.1) is 0 Å². The second-order valence-electron chi connectivity index (χ2n) is 2.83. The van der Waals surface area contributed by atoms with Crippen LogP contribution >= 0.6 is 0 Å². The molecule has 0 aromatic rings. The Bertz CT molecular complexity index is 213. The van der Waals surface area contributed by atoms with E-state index in [4.69, 9.17) is 11.5 Å². The summed E-state index contributed by atoms with van der Waals surface area (Å²) >= 11 is 0. The van der Waals surface area contributed by atoms with Crippen LogP contribution in [-0.2, 0) is 0 Å². The highest BCUT2D eigenvalue weighted by molar-refractivity contribution is 5.76. The van der Waals surface area contributed by atoms with Crippen LogP contribution in [0.1, 0.15) is 19.3 Å². The molecule has 4 heteroatoms. The summed E-state index contributed by atoms with van der Waals surface area (Å²) in [5, 5.41) is 7.31. The maximum Gasteiger partial charge on any atom is 0.211 e. The number of hydrogen-bond acceptors (Lipinski definition) is 2. The van der Waals surface area contributed by atoms with Crippen molar-refractivity contribution < 1.29 is 0 Å². The van der Waals surface area contributed by atoms with Crippen molar-refractivity contribution in [3.05, 3.63) is 12.2 Å². The van der Waals surface area contributed by atoms with Crippen LogP contribution in [0.15, 0.2) is 22.4 Å². The fraction of sp³-hybridized carbons (Fsp3) is 0.500. The maximum atomic E-state index is 5.11. The minimum atomic E-state index is 0.0117. The number of guanidine groups is 1. The van der Waals surface area contributed by atoms with Crippen molar-refractivity contribution in [2.24, 2.45) is 27.6 Å². The molecular formula is C8H14N4. The monoisotopic (exact) mass is 166 g/mol. The predicted molar refractivity (Wildman–Crippen MR) is 50.8 cm³/mol. The molecule has 0 aromatic heterocycles. The molecule has 0 unspecified atom stereocenters. The smallest absolute Gasteiger partial charge is 0.211 e. The molecule has 1 atom stereocenters. The van der Waals surface area contributed by atoms with Gasteiger partial charge in [0.2, 0.25) is 5.96 Å². The maximum absolute atomic E-state index is 5.11. The molecule has 0 heterocycles. The number of nitrogens with zero attached hydrogens (tertiary/aromatic N) is 2. The van der Waals surface area contributed by atoms with Crippen LogP contribution < -0.4 is 11.5 Å². The van der Waals surface area contributed by atoms with E-state index in [0.717, 1.165) is 19.3 Å². The average molecular weight is 166 g/mol. The zero-order valence-corrected chi connectivity index (χ0v) is 6.98. The first-order chi connectivity index (χ1) is 5.79. The van der Waals surface area contributed by atoms with Crippen LogP contribution in [0.4, 0.5) is 0 Å². The SMILES string of the molecule is NC(N)=NN=C[C@H]1CC=CCC1. The molecule has 4 nitrogen and oxygen atoms in total. The molecule has 1 rings (SSSR count). The van der Waals surface area contributed by atoms with Crippen molar-refractivity contribution in [2.45, 2.75) is 19.3 Å². The fourth-order valence-corrected chi connectivity index (χ4v) is 1.15. The van der Waals surface area contributed by atoms with Gasteiger partial charge in [-0.15, -0.1) is 5.10 Å². The van der Waals surface area contributed by atoms with Crippen LogP contribution in [0.5, 0.6) is 0 Å². The van der Waals surface area contributed by atoms with Gasteiger partial charge in [-0.05, 0) is 25.2 Å². The van der Waals surface area contributed by atoms with Crippen LogP contribution in [0.25, 0.3) is 0 Å². The molecule has 4 N–H and O–H groups in total. The van der Waals surface area contributed by atoms with Gasteiger partial charge in [0.15, 0.2) is 0 Å². The van der Waals surface area contributed by atoms with Crippen molar-refractivity contribution in [3.63, 3.8) is 0 Å². The molecule has 0 fully saturated rings. The molecule has 0 aromatic carbocycles. The third kappa shape index (κ3) is 3.18. The van der Waals surface area contributed by atoms with Crippen molar-refractivity contribution >= 4 is 12.2 Å². The standard InChI is InChI=1S/C8H14N4/c9-8(10)12-11-6-7-4-2-1-3-5-7/h1-2,6-7H,3-5H2,(H4,9,10,12)/t7-/m0/s1. The lowest BCUT2D eigenvalue weighted by Gasteiger charge is -2.10. The van der Waals surface area contributed by atoms with Gasteiger partial charge in [-0.1, -0.05) is 12.2 Å². The second-order valence-corrected chi connectivity index (χ2v) is 2.83. The summed E-state index contributed by atoms with van der Waals surface area (Å²) in [7, 11) is 0. The van der Waals surface area contributed by atoms with E-state index in [1.165, 1.54) is 0 Å². The quantitative estimate of drug-likeness (QED) is 0.273. The molecule has 1 aliphatic carbocycles. The van der Waals surface area contributed by atoms with Crippen LogP contribution in [0.3, 0.4) is 0 Å². The predicted octanol–water partition coefficient (Wildman–Crippen LogP) is 0.602. The molecule has 0 amide bonds. The van der Waals surface area contributed by atoms with E-state index in [9.17, 15) is 0 Å². The van der Waals surface area contributed by atoms with E-state index in [1.54, 1.807) is 0 Å². The lowest BCUT2D eigenvalue weighted by Crippen LogP contribution is -2.21. The largest absolute Gasteiger partial charge is 0.369 e. The van der Waals surface area contributed by atoms with Gasteiger partial charge in [0.1, 0.15) is 0 Å². The molecule has 12 heavy (non-hydrogen) atoms. The number of hydrogen-bond donors (Lipinski definition) is 2. The Labute approximate surface area is 72.0 Å². The molecule has 0 aliphatic heterocycles. The fourth-order valence-electron chi connectivity index (χ4n) is 1.15. The van der Waals surface area contributed by atoms with Crippen LogP contribution in [0, 0.1) is 5.92 Å². The van der Waals surface area contributed by atoms with Crippen molar-refractivity contribution in [1.29, 1.82) is 0 Å². The summed E-state index contributed by atoms with van der Waals surface area (Å²) in [5.41, 5.74) is 10.2. The van der Waals surface area contributed by atoms with Crippen LogP contribution in [0.2, 0.25) is 0 Å². The summed E-state index contributed by atoms with van der Waals surface area (Å²) in [5.74, 6) is 0.510. The number of rotatable bonds is 2. The van der Waals surface area contributed by atoms with E-state index >= 15 is 0 Å². The molecule has 0 radical (unpaired) electrons. The van der Waals surface area contributed by atoms with Crippen molar-refractivity contribution in [2.75, 3.05) is 0 Å². The molecular weight excluding hydrogens is 152 g/mol. The van der Waals surface area contributed by atoms with E-state index in [2.05, 4.69) is 22.4 Å². The van der Waals surface area contributed by atoms with Crippen molar-refractivity contribution in [1.82, 2.24) is 0 Å². The first kappa shape index (κ1) is 8.77. The molecule has 0 spiro atoms. The lowest BCUT2D eigenvalue weighted by atomic mass is 9.96. The summed E-state index contributed by atoms with van der Waals surface area (Å²) in [6, 6.07) is 0.